The number of aryl methyl sites for hydroxylation is 2. The summed E-state index contributed by atoms with van der Waals surface area (Å²) in [5.41, 5.74) is 4.30. The van der Waals surface area contributed by atoms with E-state index in [1.165, 1.54) is 5.56 Å². The lowest BCUT2D eigenvalue weighted by Gasteiger charge is -1.96. The van der Waals surface area contributed by atoms with Crippen LogP contribution >= 0.6 is 15.9 Å². The van der Waals surface area contributed by atoms with Gasteiger partial charge in [0.2, 0.25) is 0 Å². The zero-order valence-corrected chi connectivity index (χ0v) is 11.8. The number of hydrogen-bond donors (Lipinski definition) is 0. The van der Waals surface area contributed by atoms with Crippen molar-refractivity contribution in [1.82, 2.24) is 14.6 Å². The van der Waals surface area contributed by atoms with Crippen molar-refractivity contribution in [3.05, 3.63) is 52.1 Å². The second kappa shape index (κ2) is 4.21. The highest BCUT2D eigenvalue weighted by Crippen LogP contribution is 2.20. The van der Waals surface area contributed by atoms with E-state index in [0.717, 1.165) is 27.1 Å². The van der Waals surface area contributed by atoms with Crippen molar-refractivity contribution in [3.63, 3.8) is 0 Å². The molecular formula is C14H12BrN3. The first-order chi connectivity index (χ1) is 8.63. The second-order valence-corrected chi connectivity index (χ2v) is 5.26. The van der Waals surface area contributed by atoms with E-state index in [2.05, 4.69) is 45.1 Å². The van der Waals surface area contributed by atoms with Crippen LogP contribution in [0.3, 0.4) is 0 Å². The summed E-state index contributed by atoms with van der Waals surface area (Å²) < 4.78 is 2.84. The fourth-order valence-corrected chi connectivity index (χ4v) is 2.13. The van der Waals surface area contributed by atoms with Gasteiger partial charge in [-0.2, -0.15) is 0 Å². The Labute approximate surface area is 114 Å². The summed E-state index contributed by atoms with van der Waals surface area (Å²) in [5.74, 6) is 0.757. The number of nitrogens with zero attached hydrogens (tertiary/aromatic N) is 3. The van der Waals surface area contributed by atoms with Gasteiger partial charge in [0, 0.05) is 16.2 Å². The van der Waals surface area contributed by atoms with Crippen LogP contribution in [0.25, 0.3) is 17.0 Å². The molecular weight excluding hydrogens is 290 g/mol. The zero-order chi connectivity index (χ0) is 12.7. The Morgan fingerprint density at radius 2 is 1.83 bits per heavy atom. The molecule has 3 aromatic rings. The molecule has 0 radical (unpaired) electrons. The first-order valence-corrected chi connectivity index (χ1v) is 6.52. The molecule has 2 aromatic heterocycles. The molecule has 0 unspecified atom stereocenters. The predicted octanol–water partition coefficient (Wildman–Crippen LogP) is 3.78. The third kappa shape index (κ3) is 1.93. The molecule has 0 bridgehead atoms. The van der Waals surface area contributed by atoms with Crippen LogP contribution in [0, 0.1) is 13.8 Å². The van der Waals surface area contributed by atoms with Crippen molar-refractivity contribution < 1.29 is 0 Å². The van der Waals surface area contributed by atoms with Crippen LogP contribution in [0.1, 0.15) is 11.1 Å². The highest BCUT2D eigenvalue weighted by atomic mass is 79.9. The second-order valence-electron chi connectivity index (χ2n) is 4.41. The van der Waals surface area contributed by atoms with Crippen molar-refractivity contribution in [1.29, 1.82) is 0 Å². The van der Waals surface area contributed by atoms with Crippen molar-refractivity contribution in [2.24, 2.45) is 0 Å². The van der Waals surface area contributed by atoms with Gasteiger partial charge in [-0.15, -0.1) is 5.10 Å². The van der Waals surface area contributed by atoms with Crippen molar-refractivity contribution >= 4 is 21.6 Å². The average Bonchev–Trinajstić information content (AvgIpc) is 2.73. The van der Waals surface area contributed by atoms with Gasteiger partial charge in [-0.25, -0.2) is 9.50 Å². The SMILES string of the molecule is Cc1ccc(-c2nc3cc(C)c(Br)cn3n2)cc1. The van der Waals surface area contributed by atoms with Gasteiger partial charge in [0.25, 0.3) is 0 Å². The van der Waals surface area contributed by atoms with E-state index >= 15 is 0 Å². The minimum absolute atomic E-state index is 0.757. The van der Waals surface area contributed by atoms with E-state index in [1.807, 2.05) is 31.3 Å². The molecule has 0 spiro atoms. The number of hydrogen-bond acceptors (Lipinski definition) is 2. The standard InChI is InChI=1S/C14H12BrN3/c1-9-3-5-11(6-4-9)14-16-13-7-10(2)12(15)8-18(13)17-14/h3-8H,1-2H3. The van der Waals surface area contributed by atoms with Crippen LogP contribution in [0.4, 0.5) is 0 Å². The molecule has 0 aliphatic heterocycles. The van der Waals surface area contributed by atoms with Gasteiger partial charge in [-0.3, -0.25) is 0 Å². The Morgan fingerprint density at radius 1 is 1.11 bits per heavy atom. The van der Waals surface area contributed by atoms with Crippen LogP contribution in [0.2, 0.25) is 0 Å². The molecule has 0 atom stereocenters. The normalized spacial score (nSPS) is 11.1. The van der Waals surface area contributed by atoms with Gasteiger partial charge in [-0.05, 0) is 41.4 Å². The summed E-state index contributed by atoms with van der Waals surface area (Å²) in [6.07, 6.45) is 1.94. The van der Waals surface area contributed by atoms with Crippen molar-refractivity contribution in [2.75, 3.05) is 0 Å². The van der Waals surface area contributed by atoms with Gasteiger partial charge in [0.15, 0.2) is 11.5 Å². The van der Waals surface area contributed by atoms with Crippen LogP contribution < -0.4 is 0 Å². The predicted molar refractivity (Wildman–Crippen MR) is 75.6 cm³/mol. The highest BCUT2D eigenvalue weighted by Gasteiger charge is 2.07. The molecule has 18 heavy (non-hydrogen) atoms. The topological polar surface area (TPSA) is 30.2 Å². The largest absolute Gasteiger partial charge is 0.219 e. The number of fused-ring (bicyclic) bond motifs is 1. The molecule has 1 aromatic carbocycles. The Balaban J connectivity index is 2.16. The number of halogens is 1. The molecule has 90 valence electrons. The molecule has 0 aliphatic rings. The van der Waals surface area contributed by atoms with Crippen LogP contribution in [-0.2, 0) is 0 Å². The Bertz CT molecular complexity index is 675. The summed E-state index contributed by atoms with van der Waals surface area (Å²) in [4.78, 5) is 4.55. The van der Waals surface area contributed by atoms with Gasteiger partial charge in [0.05, 0.1) is 0 Å². The van der Waals surface area contributed by atoms with E-state index < -0.39 is 0 Å². The monoisotopic (exact) mass is 301 g/mol. The molecule has 0 fully saturated rings. The van der Waals surface area contributed by atoms with Crippen LogP contribution in [-0.4, -0.2) is 14.6 Å². The minimum Gasteiger partial charge on any atom is -0.219 e. The third-order valence-corrected chi connectivity index (χ3v) is 3.76. The number of pyridine rings is 1. The van der Waals surface area contributed by atoms with Crippen LogP contribution in [0.5, 0.6) is 0 Å². The van der Waals surface area contributed by atoms with E-state index in [1.54, 1.807) is 4.52 Å². The Morgan fingerprint density at radius 3 is 2.56 bits per heavy atom. The first-order valence-electron chi connectivity index (χ1n) is 5.73. The molecule has 2 heterocycles. The maximum Gasteiger partial charge on any atom is 0.182 e. The fraction of sp³-hybridized carbons (Fsp3) is 0.143. The molecule has 0 aliphatic carbocycles. The maximum absolute atomic E-state index is 4.55. The molecule has 0 saturated carbocycles. The van der Waals surface area contributed by atoms with Gasteiger partial charge in [-0.1, -0.05) is 29.8 Å². The lowest BCUT2D eigenvalue weighted by molar-refractivity contribution is 0.956. The lowest BCUT2D eigenvalue weighted by Crippen LogP contribution is -1.89. The third-order valence-electron chi connectivity index (χ3n) is 2.93. The lowest BCUT2D eigenvalue weighted by atomic mass is 10.1. The minimum atomic E-state index is 0.757. The summed E-state index contributed by atoms with van der Waals surface area (Å²) >= 11 is 3.50. The quantitative estimate of drug-likeness (QED) is 0.685. The van der Waals surface area contributed by atoms with Gasteiger partial charge < -0.3 is 0 Å². The summed E-state index contributed by atoms with van der Waals surface area (Å²) in [5, 5.41) is 4.49. The first kappa shape index (κ1) is 11.4. The van der Waals surface area contributed by atoms with E-state index in [-0.39, 0.29) is 0 Å². The highest BCUT2D eigenvalue weighted by molar-refractivity contribution is 9.10. The average molecular weight is 302 g/mol. The Hall–Kier alpha value is -1.68. The van der Waals surface area contributed by atoms with Crippen molar-refractivity contribution in [3.8, 4) is 11.4 Å². The van der Waals surface area contributed by atoms with E-state index in [0.29, 0.717) is 0 Å². The summed E-state index contributed by atoms with van der Waals surface area (Å²) in [6.45, 7) is 4.12. The van der Waals surface area contributed by atoms with Gasteiger partial charge in [0.1, 0.15) is 0 Å². The molecule has 0 saturated heterocycles. The van der Waals surface area contributed by atoms with E-state index in [9.17, 15) is 0 Å². The summed E-state index contributed by atoms with van der Waals surface area (Å²) in [6, 6.07) is 10.3. The smallest absolute Gasteiger partial charge is 0.182 e. The number of aromatic nitrogens is 3. The summed E-state index contributed by atoms with van der Waals surface area (Å²) in [7, 11) is 0. The molecule has 0 amide bonds. The van der Waals surface area contributed by atoms with Crippen molar-refractivity contribution in [2.45, 2.75) is 13.8 Å². The fourth-order valence-electron chi connectivity index (χ4n) is 1.83. The zero-order valence-electron chi connectivity index (χ0n) is 10.2. The number of rotatable bonds is 1. The van der Waals surface area contributed by atoms with Crippen LogP contribution in [0.15, 0.2) is 41.0 Å². The molecule has 3 rings (SSSR count). The number of benzene rings is 1. The molecule has 0 N–H and O–H groups in total. The van der Waals surface area contributed by atoms with Gasteiger partial charge >= 0.3 is 0 Å². The molecule has 4 heteroatoms. The molecule has 3 nitrogen and oxygen atoms in total. The van der Waals surface area contributed by atoms with E-state index in [4.69, 9.17) is 0 Å². The Kier molecular flexibility index (Phi) is 2.67. The maximum atomic E-state index is 4.55.